The lowest BCUT2D eigenvalue weighted by molar-refractivity contribution is -0.119. The van der Waals surface area contributed by atoms with Crippen molar-refractivity contribution in [2.75, 3.05) is 6.54 Å². The summed E-state index contributed by atoms with van der Waals surface area (Å²) in [5, 5.41) is 2.61. The van der Waals surface area contributed by atoms with Gasteiger partial charge in [-0.15, -0.1) is 11.3 Å². The van der Waals surface area contributed by atoms with Crippen LogP contribution in [0.3, 0.4) is 0 Å². The third kappa shape index (κ3) is 4.98. The van der Waals surface area contributed by atoms with E-state index >= 15 is 0 Å². The van der Waals surface area contributed by atoms with E-state index in [0.29, 0.717) is 42.7 Å². The lowest BCUT2D eigenvalue weighted by Crippen LogP contribution is -2.33. The lowest BCUT2D eigenvalue weighted by atomic mass is 10.1. The van der Waals surface area contributed by atoms with Crippen molar-refractivity contribution in [2.45, 2.75) is 66.2 Å². The summed E-state index contributed by atoms with van der Waals surface area (Å²) in [5.41, 5.74) is 0.473. The Morgan fingerprint density at radius 1 is 1.41 bits per heavy atom. The molecule has 1 aliphatic rings. The summed E-state index contributed by atoms with van der Waals surface area (Å²) in [6.45, 7) is 6.05. The molecule has 1 aromatic rings. The normalized spacial score (nSPS) is 21.9. The fourth-order valence-corrected chi connectivity index (χ4v) is 7.98. The Morgan fingerprint density at radius 3 is 2.74 bits per heavy atom. The summed E-state index contributed by atoms with van der Waals surface area (Å²) >= 11 is 0.715. The zero-order valence-corrected chi connectivity index (χ0v) is 18.1. The SMILES string of the molecule is C/C=C\CCCC(=O)NS(=O)(=O)c1cc2c(s1)S(=O)(=O)[C@H](C)C[C@H]2NCC. The van der Waals surface area contributed by atoms with Gasteiger partial charge in [0.15, 0.2) is 9.84 Å². The van der Waals surface area contributed by atoms with Crippen molar-refractivity contribution in [1.29, 1.82) is 0 Å². The Bertz CT molecular complexity index is 916. The molecule has 1 amide bonds. The number of nitrogens with one attached hydrogen (secondary N) is 2. The Balaban J connectivity index is 2.27. The van der Waals surface area contributed by atoms with Gasteiger partial charge in [0.25, 0.3) is 10.0 Å². The number of hydrogen-bond donors (Lipinski definition) is 2. The molecule has 7 nitrogen and oxygen atoms in total. The maximum absolute atomic E-state index is 12.6. The molecule has 2 heterocycles. The Hall–Kier alpha value is -1.23. The number of hydrogen-bond acceptors (Lipinski definition) is 7. The summed E-state index contributed by atoms with van der Waals surface area (Å²) in [5.74, 6) is -0.592. The average Bonchev–Trinajstić information content (AvgIpc) is 3.04. The predicted octanol–water partition coefficient (Wildman–Crippen LogP) is 2.52. The molecule has 1 aromatic heterocycles. The van der Waals surface area contributed by atoms with E-state index < -0.39 is 31.0 Å². The zero-order valence-electron chi connectivity index (χ0n) is 15.7. The van der Waals surface area contributed by atoms with Crippen LogP contribution in [0.25, 0.3) is 0 Å². The summed E-state index contributed by atoms with van der Waals surface area (Å²) in [6, 6.07) is 1.16. The standard InChI is InChI=1S/C17H26N2O5S3/c1-4-6-7-8-9-15(20)19-27(23,24)16-11-13-14(18-5-2)10-12(3)26(21,22)17(13)25-16/h4,6,11-12,14,18H,5,7-10H2,1-3H3,(H,19,20)/b6-4-/t12-,14-/m1/s1. The Labute approximate surface area is 165 Å². The monoisotopic (exact) mass is 434 g/mol. The third-order valence-corrected chi connectivity index (χ3v) is 10.2. The van der Waals surface area contributed by atoms with Gasteiger partial charge in [-0.3, -0.25) is 4.79 Å². The molecular formula is C17H26N2O5S3. The molecule has 10 heteroatoms. The van der Waals surface area contributed by atoms with Gasteiger partial charge in [-0.1, -0.05) is 19.1 Å². The van der Waals surface area contributed by atoms with Crippen LogP contribution in [0.15, 0.2) is 26.6 Å². The molecule has 0 aliphatic carbocycles. The minimum atomic E-state index is -4.09. The number of sulfonamides is 1. The number of sulfone groups is 1. The average molecular weight is 435 g/mol. The molecule has 2 atom stereocenters. The molecule has 0 bridgehead atoms. The summed E-state index contributed by atoms with van der Waals surface area (Å²) < 4.78 is 52.3. The first-order valence-corrected chi connectivity index (χ1v) is 12.8. The summed E-state index contributed by atoms with van der Waals surface area (Å²) in [4.78, 5) is 11.9. The zero-order chi connectivity index (χ0) is 20.2. The predicted molar refractivity (Wildman–Crippen MR) is 106 cm³/mol. The van der Waals surface area contributed by atoms with Gasteiger partial charge in [0.05, 0.1) is 5.25 Å². The van der Waals surface area contributed by atoms with Crippen molar-refractivity contribution < 1.29 is 21.6 Å². The summed E-state index contributed by atoms with van der Waals surface area (Å²) in [7, 11) is -7.66. The quantitative estimate of drug-likeness (QED) is 0.481. The van der Waals surface area contributed by atoms with Gasteiger partial charge >= 0.3 is 0 Å². The van der Waals surface area contributed by atoms with Crippen LogP contribution in [0.1, 0.15) is 58.1 Å². The van der Waals surface area contributed by atoms with Crippen LogP contribution >= 0.6 is 11.3 Å². The van der Waals surface area contributed by atoms with E-state index in [-0.39, 0.29) is 20.9 Å². The van der Waals surface area contributed by atoms with Gasteiger partial charge in [-0.05, 0) is 45.7 Å². The van der Waals surface area contributed by atoms with Crippen LogP contribution in [-0.2, 0) is 24.7 Å². The first kappa shape index (κ1) is 22.1. The number of carbonyl (C=O) groups excluding carboxylic acids is 1. The first-order chi connectivity index (χ1) is 12.6. The Morgan fingerprint density at radius 2 is 2.11 bits per heavy atom. The molecular weight excluding hydrogens is 408 g/mol. The van der Waals surface area contributed by atoms with Crippen molar-refractivity contribution in [3.05, 3.63) is 23.8 Å². The van der Waals surface area contributed by atoms with Gasteiger partial charge < -0.3 is 5.32 Å². The summed E-state index contributed by atoms with van der Waals surface area (Å²) in [6.07, 6.45) is 5.48. The van der Waals surface area contributed by atoms with Gasteiger partial charge in [0.2, 0.25) is 5.91 Å². The van der Waals surface area contributed by atoms with Crippen LogP contribution in [0.4, 0.5) is 0 Å². The molecule has 0 saturated carbocycles. The highest BCUT2D eigenvalue weighted by Gasteiger charge is 2.39. The van der Waals surface area contributed by atoms with E-state index in [2.05, 4.69) is 5.32 Å². The molecule has 152 valence electrons. The Kier molecular flexibility index (Phi) is 7.23. The van der Waals surface area contributed by atoms with Gasteiger partial charge in [0.1, 0.15) is 8.42 Å². The number of unbranched alkanes of at least 4 members (excludes halogenated alkanes) is 1. The smallest absolute Gasteiger partial charge is 0.273 e. The maximum atomic E-state index is 12.6. The lowest BCUT2D eigenvalue weighted by Gasteiger charge is -2.27. The number of fused-ring (bicyclic) bond motifs is 1. The largest absolute Gasteiger partial charge is 0.310 e. The van der Waals surface area contributed by atoms with E-state index in [0.717, 1.165) is 0 Å². The first-order valence-electron chi connectivity index (χ1n) is 8.91. The van der Waals surface area contributed by atoms with E-state index in [1.807, 2.05) is 30.7 Å². The molecule has 0 radical (unpaired) electrons. The van der Waals surface area contributed by atoms with Crippen LogP contribution < -0.4 is 10.0 Å². The van der Waals surface area contributed by atoms with E-state index in [4.69, 9.17) is 0 Å². The van der Waals surface area contributed by atoms with E-state index in [1.165, 1.54) is 6.07 Å². The minimum absolute atomic E-state index is 0.0770. The molecule has 0 unspecified atom stereocenters. The molecule has 0 spiro atoms. The number of thiophene rings is 1. The van der Waals surface area contributed by atoms with Crippen molar-refractivity contribution in [3.63, 3.8) is 0 Å². The second-order valence-corrected chi connectivity index (χ2v) is 12.0. The molecule has 2 N–H and O–H groups in total. The number of carbonyl (C=O) groups is 1. The van der Waals surface area contributed by atoms with Crippen molar-refractivity contribution >= 4 is 37.1 Å². The highest BCUT2D eigenvalue weighted by atomic mass is 32.3. The second-order valence-electron chi connectivity index (χ2n) is 6.50. The number of rotatable bonds is 8. The molecule has 0 fully saturated rings. The highest BCUT2D eigenvalue weighted by Crippen LogP contribution is 2.42. The topological polar surface area (TPSA) is 109 Å². The van der Waals surface area contributed by atoms with Crippen LogP contribution in [-0.4, -0.2) is 34.5 Å². The molecule has 2 rings (SSSR count). The maximum Gasteiger partial charge on any atom is 0.273 e. The van der Waals surface area contributed by atoms with Crippen molar-refractivity contribution in [2.24, 2.45) is 0 Å². The number of amides is 1. The van der Waals surface area contributed by atoms with Crippen LogP contribution in [0, 0.1) is 0 Å². The molecule has 0 aromatic carbocycles. The van der Waals surface area contributed by atoms with Crippen LogP contribution in [0.5, 0.6) is 0 Å². The molecule has 27 heavy (non-hydrogen) atoms. The van der Waals surface area contributed by atoms with Gasteiger partial charge in [-0.25, -0.2) is 21.6 Å². The van der Waals surface area contributed by atoms with Crippen LogP contribution in [0.2, 0.25) is 0 Å². The fourth-order valence-electron chi connectivity index (χ4n) is 2.97. The fraction of sp³-hybridized carbons (Fsp3) is 0.588. The van der Waals surface area contributed by atoms with Crippen molar-refractivity contribution in [3.8, 4) is 0 Å². The highest BCUT2D eigenvalue weighted by molar-refractivity contribution is 7.95. The second kappa shape index (κ2) is 8.85. The van der Waals surface area contributed by atoms with Gasteiger partial charge in [0, 0.05) is 18.0 Å². The van der Waals surface area contributed by atoms with E-state index in [9.17, 15) is 21.6 Å². The van der Waals surface area contributed by atoms with E-state index in [1.54, 1.807) is 6.92 Å². The minimum Gasteiger partial charge on any atom is -0.310 e. The molecule has 1 aliphatic heterocycles. The number of allylic oxidation sites excluding steroid dienone is 2. The van der Waals surface area contributed by atoms with Crippen molar-refractivity contribution in [1.82, 2.24) is 10.0 Å². The third-order valence-electron chi connectivity index (χ3n) is 4.41. The molecule has 0 saturated heterocycles. The van der Waals surface area contributed by atoms with Gasteiger partial charge in [-0.2, -0.15) is 0 Å².